The second-order valence-electron chi connectivity index (χ2n) is 5.20. The van der Waals surface area contributed by atoms with Crippen LogP contribution in [-0.4, -0.2) is 23.1 Å². The molecular formula is C15H18Cl3N3O. The lowest BCUT2D eigenvalue weighted by molar-refractivity contribution is 0.239. The normalized spacial score (nSPS) is 14.5. The van der Waals surface area contributed by atoms with Crippen LogP contribution < -0.4 is 10.5 Å². The lowest BCUT2D eigenvalue weighted by atomic mass is 10.1. The summed E-state index contributed by atoms with van der Waals surface area (Å²) in [5, 5.41) is 0.436. The van der Waals surface area contributed by atoms with Gasteiger partial charge in [-0.15, -0.1) is 24.8 Å². The molecule has 0 spiro atoms. The van der Waals surface area contributed by atoms with Crippen LogP contribution in [0.5, 0.6) is 5.75 Å². The molecule has 0 saturated heterocycles. The van der Waals surface area contributed by atoms with Crippen molar-refractivity contribution in [1.82, 2.24) is 9.97 Å². The number of ether oxygens (including phenoxy) is 1. The van der Waals surface area contributed by atoms with Crippen molar-refractivity contribution in [2.75, 3.05) is 13.2 Å². The molecule has 1 aliphatic carbocycles. The van der Waals surface area contributed by atoms with Gasteiger partial charge in [0, 0.05) is 30.6 Å². The minimum absolute atomic E-state index is 0. The highest BCUT2D eigenvalue weighted by Crippen LogP contribution is 2.45. The predicted molar refractivity (Wildman–Crippen MR) is 93.2 cm³/mol. The fourth-order valence-electron chi connectivity index (χ4n) is 2.14. The molecule has 2 aromatic rings. The average Bonchev–Trinajstić information content (AvgIpc) is 3.27. The van der Waals surface area contributed by atoms with Gasteiger partial charge in [0.15, 0.2) is 0 Å². The third-order valence-electron chi connectivity index (χ3n) is 3.76. The SMILES string of the molecule is Cl.Cl.NCC1(COc2ccnc(Cl)c2-c2ccncc2)CC1. The van der Waals surface area contributed by atoms with E-state index in [0.717, 1.165) is 29.7 Å². The number of rotatable bonds is 5. The number of nitrogens with two attached hydrogens (primary N) is 1. The molecule has 0 bridgehead atoms. The average molecular weight is 363 g/mol. The zero-order valence-electron chi connectivity index (χ0n) is 11.9. The van der Waals surface area contributed by atoms with Gasteiger partial charge in [0.25, 0.3) is 0 Å². The smallest absolute Gasteiger partial charge is 0.140 e. The molecule has 0 aromatic carbocycles. The first-order chi connectivity index (χ1) is 9.74. The van der Waals surface area contributed by atoms with Crippen molar-refractivity contribution in [1.29, 1.82) is 0 Å². The zero-order valence-corrected chi connectivity index (χ0v) is 14.3. The van der Waals surface area contributed by atoms with Gasteiger partial charge in [0.05, 0.1) is 12.2 Å². The van der Waals surface area contributed by atoms with Crippen LogP contribution in [0.1, 0.15) is 12.8 Å². The van der Waals surface area contributed by atoms with Gasteiger partial charge in [-0.3, -0.25) is 4.98 Å². The maximum Gasteiger partial charge on any atom is 0.140 e. The topological polar surface area (TPSA) is 61.0 Å². The lowest BCUT2D eigenvalue weighted by Gasteiger charge is -2.17. The summed E-state index contributed by atoms with van der Waals surface area (Å²) in [6.07, 6.45) is 7.37. The summed E-state index contributed by atoms with van der Waals surface area (Å²) in [6, 6.07) is 5.63. The Hall–Kier alpha value is -1.07. The molecule has 2 heterocycles. The first-order valence-electron chi connectivity index (χ1n) is 6.62. The Morgan fingerprint density at radius 2 is 1.82 bits per heavy atom. The molecule has 0 radical (unpaired) electrons. The van der Waals surface area contributed by atoms with E-state index in [1.54, 1.807) is 18.6 Å². The van der Waals surface area contributed by atoms with E-state index < -0.39 is 0 Å². The predicted octanol–water partition coefficient (Wildman–Crippen LogP) is 3.76. The Morgan fingerprint density at radius 1 is 1.14 bits per heavy atom. The van der Waals surface area contributed by atoms with Crippen molar-refractivity contribution >= 4 is 36.4 Å². The van der Waals surface area contributed by atoms with Crippen molar-refractivity contribution in [3.63, 3.8) is 0 Å². The summed E-state index contributed by atoms with van der Waals surface area (Å²) in [7, 11) is 0. The second-order valence-corrected chi connectivity index (χ2v) is 5.56. The Morgan fingerprint density at radius 3 is 2.41 bits per heavy atom. The monoisotopic (exact) mass is 361 g/mol. The second kappa shape index (κ2) is 7.97. The summed E-state index contributed by atoms with van der Waals surface area (Å²) in [4.78, 5) is 8.15. The fourth-order valence-corrected chi connectivity index (χ4v) is 2.39. The summed E-state index contributed by atoms with van der Waals surface area (Å²) in [5.74, 6) is 0.746. The molecule has 1 saturated carbocycles. The highest BCUT2D eigenvalue weighted by atomic mass is 35.5. The maximum atomic E-state index is 6.23. The van der Waals surface area contributed by atoms with Crippen molar-refractivity contribution in [3.8, 4) is 16.9 Å². The van der Waals surface area contributed by atoms with Gasteiger partial charge < -0.3 is 10.5 Å². The molecule has 22 heavy (non-hydrogen) atoms. The molecule has 7 heteroatoms. The van der Waals surface area contributed by atoms with Crippen LogP contribution in [0.4, 0.5) is 0 Å². The van der Waals surface area contributed by atoms with Gasteiger partial charge in [-0.25, -0.2) is 4.98 Å². The number of halogens is 3. The first-order valence-corrected chi connectivity index (χ1v) is 7.00. The maximum absolute atomic E-state index is 6.23. The van der Waals surface area contributed by atoms with E-state index >= 15 is 0 Å². The van der Waals surface area contributed by atoms with E-state index in [-0.39, 0.29) is 30.2 Å². The van der Waals surface area contributed by atoms with Crippen molar-refractivity contribution in [2.24, 2.45) is 11.1 Å². The van der Waals surface area contributed by atoms with Gasteiger partial charge in [0.1, 0.15) is 10.9 Å². The molecule has 1 fully saturated rings. The molecule has 4 nitrogen and oxygen atoms in total. The molecule has 1 aliphatic rings. The number of hydrogen-bond donors (Lipinski definition) is 1. The number of aromatic nitrogens is 2. The first kappa shape index (κ1) is 19.0. The lowest BCUT2D eigenvalue weighted by Crippen LogP contribution is -2.23. The summed E-state index contributed by atoms with van der Waals surface area (Å²) in [5.41, 5.74) is 7.70. The van der Waals surface area contributed by atoms with Gasteiger partial charge in [-0.1, -0.05) is 11.6 Å². The van der Waals surface area contributed by atoms with Gasteiger partial charge in [-0.2, -0.15) is 0 Å². The molecule has 0 aliphatic heterocycles. The minimum Gasteiger partial charge on any atom is -0.492 e. The van der Waals surface area contributed by atoms with Crippen LogP contribution in [0.25, 0.3) is 11.1 Å². The van der Waals surface area contributed by atoms with Crippen LogP contribution in [0.2, 0.25) is 5.15 Å². The minimum atomic E-state index is 0. The number of hydrogen-bond acceptors (Lipinski definition) is 4. The molecular weight excluding hydrogens is 345 g/mol. The Labute approximate surface area is 147 Å². The van der Waals surface area contributed by atoms with Crippen molar-refractivity contribution < 1.29 is 4.74 Å². The quantitative estimate of drug-likeness (QED) is 0.823. The molecule has 3 rings (SSSR count). The summed E-state index contributed by atoms with van der Waals surface area (Å²) < 4.78 is 5.97. The van der Waals surface area contributed by atoms with Gasteiger partial charge >= 0.3 is 0 Å². The number of pyridine rings is 2. The summed E-state index contributed by atoms with van der Waals surface area (Å²) >= 11 is 6.23. The summed E-state index contributed by atoms with van der Waals surface area (Å²) in [6.45, 7) is 1.29. The van der Waals surface area contributed by atoms with Crippen molar-refractivity contribution in [3.05, 3.63) is 41.9 Å². The Kier molecular flexibility index (Phi) is 6.88. The molecule has 120 valence electrons. The van der Waals surface area contributed by atoms with Gasteiger partial charge in [-0.05, 0) is 36.6 Å². The Balaban J connectivity index is 0.00000121. The molecule has 0 amide bonds. The largest absolute Gasteiger partial charge is 0.492 e. The van der Waals surface area contributed by atoms with E-state index in [0.29, 0.717) is 18.3 Å². The third kappa shape index (κ3) is 4.02. The van der Waals surface area contributed by atoms with E-state index in [1.807, 2.05) is 18.2 Å². The van der Waals surface area contributed by atoms with Crippen molar-refractivity contribution in [2.45, 2.75) is 12.8 Å². The fraction of sp³-hybridized carbons (Fsp3) is 0.333. The van der Waals surface area contributed by atoms with Gasteiger partial charge in [0.2, 0.25) is 0 Å². The number of nitrogens with zero attached hydrogens (tertiary/aromatic N) is 2. The van der Waals surface area contributed by atoms with Crippen LogP contribution in [0, 0.1) is 5.41 Å². The van der Waals surface area contributed by atoms with Crippen LogP contribution in [0.15, 0.2) is 36.8 Å². The van der Waals surface area contributed by atoms with E-state index in [4.69, 9.17) is 22.1 Å². The van der Waals surface area contributed by atoms with Crippen LogP contribution in [-0.2, 0) is 0 Å². The third-order valence-corrected chi connectivity index (χ3v) is 4.05. The molecule has 2 N–H and O–H groups in total. The van der Waals surface area contributed by atoms with E-state index in [9.17, 15) is 0 Å². The van der Waals surface area contributed by atoms with E-state index in [1.165, 1.54) is 0 Å². The van der Waals surface area contributed by atoms with E-state index in [2.05, 4.69) is 9.97 Å². The zero-order chi connectivity index (χ0) is 14.0. The van der Waals surface area contributed by atoms with Crippen LogP contribution in [0.3, 0.4) is 0 Å². The Bertz CT molecular complexity index is 606. The highest BCUT2D eigenvalue weighted by molar-refractivity contribution is 6.32. The van der Waals surface area contributed by atoms with Crippen LogP contribution >= 0.6 is 36.4 Å². The molecule has 0 atom stereocenters. The molecule has 0 unspecified atom stereocenters. The highest BCUT2D eigenvalue weighted by Gasteiger charge is 2.42. The standard InChI is InChI=1S/C15H16ClN3O.2ClH/c16-14-13(11-1-6-18-7-2-11)12(3-8-19-14)20-10-15(9-17)4-5-15;;/h1-3,6-8H,4-5,9-10,17H2;2*1H. The molecule has 2 aromatic heterocycles.